The first kappa shape index (κ1) is 36.8. The van der Waals surface area contributed by atoms with Crippen LogP contribution in [0.3, 0.4) is 0 Å². The number of carboxylic acids is 1. The Bertz CT molecular complexity index is 1870. The maximum atomic E-state index is 13.8. The Labute approximate surface area is 303 Å². The van der Waals surface area contributed by atoms with Gasteiger partial charge in [-0.3, -0.25) is 25.5 Å². The second-order valence-corrected chi connectivity index (χ2v) is 14.3. The van der Waals surface area contributed by atoms with Gasteiger partial charge < -0.3 is 20.6 Å². The second kappa shape index (κ2) is 16.5. The van der Waals surface area contributed by atoms with Gasteiger partial charge >= 0.3 is 5.97 Å². The number of hydrogen-bond donors (Lipinski definition) is 4. The second-order valence-electron chi connectivity index (χ2n) is 12.6. The first-order valence-corrected chi connectivity index (χ1v) is 18.2. The van der Waals surface area contributed by atoms with Gasteiger partial charge in [0, 0.05) is 64.9 Å². The van der Waals surface area contributed by atoms with Crippen molar-refractivity contribution in [1.29, 1.82) is 10.8 Å². The molecule has 1 saturated heterocycles. The number of aromatic carboxylic acids is 1. The number of carbonyl (C=O) groups excluding carboxylic acids is 1. The molecule has 50 heavy (non-hydrogen) atoms. The van der Waals surface area contributed by atoms with Crippen molar-refractivity contribution in [3.63, 3.8) is 0 Å². The molecule has 0 unspecified atom stereocenters. The summed E-state index contributed by atoms with van der Waals surface area (Å²) in [4.78, 5) is 37.6. The van der Waals surface area contributed by atoms with Gasteiger partial charge in [-0.25, -0.2) is 4.79 Å². The average Bonchev–Trinajstić information content (AvgIpc) is 3.31. The van der Waals surface area contributed by atoms with Crippen LogP contribution in [0.4, 0.5) is 10.7 Å². The summed E-state index contributed by atoms with van der Waals surface area (Å²) in [5.41, 5.74) is 10.4. The first-order valence-electron chi connectivity index (χ1n) is 17.0. The molecule has 0 radical (unpaired) electrons. The average molecular weight is 714 g/mol. The summed E-state index contributed by atoms with van der Waals surface area (Å²) < 4.78 is 0. The first-order chi connectivity index (χ1) is 24.0. The Balaban J connectivity index is 1.30. The fraction of sp³-hybridized carbons (Fsp3) is 0.395. The number of fused-ring (bicyclic) bond motifs is 1. The number of hydrogen-bond acceptors (Lipinski definition) is 8. The smallest absolute Gasteiger partial charge is 0.337 e. The third-order valence-electron chi connectivity index (χ3n) is 9.18. The van der Waals surface area contributed by atoms with Crippen LogP contribution in [-0.2, 0) is 4.79 Å². The normalized spacial score (nSPS) is 15.9. The van der Waals surface area contributed by atoms with Crippen LogP contribution in [0.15, 0.2) is 47.5 Å². The van der Waals surface area contributed by atoms with Crippen molar-refractivity contribution in [3.8, 4) is 11.8 Å². The summed E-state index contributed by atoms with van der Waals surface area (Å²) in [6.45, 7) is 8.34. The van der Waals surface area contributed by atoms with Gasteiger partial charge in [0.25, 0.3) is 0 Å². The van der Waals surface area contributed by atoms with E-state index in [4.69, 9.17) is 27.7 Å². The molecule has 0 aliphatic carbocycles. The lowest BCUT2D eigenvalue weighted by molar-refractivity contribution is -0.131. The number of carboxylic acid groups (broad SMARTS) is 1. The van der Waals surface area contributed by atoms with Gasteiger partial charge in [0.05, 0.1) is 17.7 Å². The van der Waals surface area contributed by atoms with Crippen LogP contribution >= 0.6 is 22.9 Å². The van der Waals surface area contributed by atoms with E-state index in [-0.39, 0.29) is 29.6 Å². The zero-order valence-electron chi connectivity index (χ0n) is 28.8. The van der Waals surface area contributed by atoms with E-state index >= 15 is 0 Å². The number of aryl methyl sites for hydroxylation is 1. The highest BCUT2D eigenvalue weighted by Crippen LogP contribution is 2.40. The molecule has 10 nitrogen and oxygen atoms in total. The number of nitrogens with two attached hydrogens (primary N) is 1. The largest absolute Gasteiger partial charge is 0.478 e. The molecule has 2 aliphatic rings. The van der Waals surface area contributed by atoms with E-state index in [1.165, 1.54) is 11.3 Å². The van der Waals surface area contributed by atoms with Gasteiger partial charge in [-0.2, -0.15) is 0 Å². The van der Waals surface area contributed by atoms with Crippen molar-refractivity contribution in [3.05, 3.63) is 80.2 Å². The molecule has 2 aromatic carbocycles. The van der Waals surface area contributed by atoms with Crippen molar-refractivity contribution in [2.24, 2.45) is 10.7 Å². The highest BCUT2D eigenvalue weighted by atomic mass is 35.5. The van der Waals surface area contributed by atoms with Crippen LogP contribution in [0.25, 0.3) is 0 Å². The zero-order valence-corrected chi connectivity index (χ0v) is 30.4. The number of anilines is 2. The quantitative estimate of drug-likeness (QED) is 0.0794. The minimum atomic E-state index is -1.02. The summed E-state index contributed by atoms with van der Waals surface area (Å²) >= 11 is 7.73. The summed E-state index contributed by atoms with van der Waals surface area (Å²) in [6.07, 6.45) is 4.80. The molecule has 0 spiro atoms. The third-order valence-corrected chi connectivity index (χ3v) is 10.6. The fourth-order valence-electron chi connectivity index (χ4n) is 6.28. The number of aliphatic imine (C=N–C) groups is 1. The van der Waals surface area contributed by atoms with Crippen LogP contribution in [0.1, 0.15) is 82.9 Å². The number of unbranched alkanes of at least 4 members (excludes halogenated alkanes) is 4. The number of thiophene rings is 1. The van der Waals surface area contributed by atoms with E-state index in [9.17, 15) is 20.1 Å². The van der Waals surface area contributed by atoms with Crippen molar-refractivity contribution < 1.29 is 14.7 Å². The van der Waals surface area contributed by atoms with Gasteiger partial charge in [0.2, 0.25) is 5.91 Å². The Kier molecular flexibility index (Phi) is 12.1. The summed E-state index contributed by atoms with van der Waals surface area (Å²) in [5, 5.41) is 29.1. The Morgan fingerprint density at radius 1 is 1.06 bits per heavy atom. The maximum Gasteiger partial charge on any atom is 0.337 e. The molecule has 5 N–H and O–H groups in total. The number of halogens is 1. The molecule has 2 aliphatic heterocycles. The Hall–Kier alpha value is -4.50. The zero-order chi connectivity index (χ0) is 35.9. The number of amidine groups is 2. The van der Waals surface area contributed by atoms with Gasteiger partial charge in [0.15, 0.2) is 0 Å². The number of nitrogens with zero attached hydrogens (tertiary/aromatic N) is 4. The minimum Gasteiger partial charge on any atom is -0.478 e. The lowest BCUT2D eigenvalue weighted by Gasteiger charge is -2.37. The van der Waals surface area contributed by atoms with Gasteiger partial charge in [0.1, 0.15) is 22.7 Å². The molecule has 1 amide bonds. The molecule has 1 atom stereocenters. The number of benzene rings is 2. The van der Waals surface area contributed by atoms with Crippen molar-refractivity contribution in [2.75, 3.05) is 42.5 Å². The molecule has 0 saturated carbocycles. The topological polar surface area (TPSA) is 150 Å². The molecule has 262 valence electrons. The molecular weight excluding hydrogens is 670 g/mol. The lowest BCUT2D eigenvalue weighted by atomic mass is 9.99. The molecule has 1 fully saturated rings. The summed E-state index contributed by atoms with van der Waals surface area (Å²) in [7, 11) is 0. The predicted molar refractivity (Wildman–Crippen MR) is 204 cm³/mol. The standard InChI is InChI=1S/C38H44ClN7O3S/c1-24-25(2)50-37-34(24)35(28-11-14-29(39)15-12-28)43-32(36(42)46(37)26(3)41)23-33(47)45-20-18-44(19-21-45)30-16-13-27(31(22-30)38(48)49)10-8-6-4-5-7-9-17-40/h11-16,22,32,41-42H,4-7,9,17-21,23,40H2,1-3H3,(H,48,49)/t32-/m0/s1. The van der Waals surface area contributed by atoms with Crippen LogP contribution in [-0.4, -0.2) is 78.0 Å². The number of amides is 1. The highest BCUT2D eigenvalue weighted by molar-refractivity contribution is 7.17. The predicted octanol–water partition coefficient (Wildman–Crippen LogP) is 6.72. The Morgan fingerprint density at radius 3 is 2.42 bits per heavy atom. The molecular formula is C38H44ClN7O3S. The number of carbonyl (C=O) groups is 2. The van der Waals surface area contributed by atoms with E-state index in [1.807, 2.05) is 32.0 Å². The van der Waals surface area contributed by atoms with Crippen molar-refractivity contribution in [2.45, 2.75) is 65.3 Å². The van der Waals surface area contributed by atoms with E-state index in [0.717, 1.165) is 57.9 Å². The molecule has 3 heterocycles. The van der Waals surface area contributed by atoms with Gasteiger partial charge in [-0.15, -0.1) is 11.3 Å². The van der Waals surface area contributed by atoms with E-state index in [1.54, 1.807) is 41.0 Å². The number of piperazine rings is 1. The van der Waals surface area contributed by atoms with Crippen LogP contribution in [0.5, 0.6) is 0 Å². The molecule has 1 aromatic heterocycles. The molecule has 5 rings (SSSR count). The van der Waals surface area contributed by atoms with Gasteiger partial charge in [-0.1, -0.05) is 48.4 Å². The van der Waals surface area contributed by atoms with Gasteiger partial charge in [-0.05, 0) is 76.1 Å². The van der Waals surface area contributed by atoms with Crippen LogP contribution in [0.2, 0.25) is 5.02 Å². The minimum absolute atomic E-state index is 0.0176. The van der Waals surface area contributed by atoms with Crippen molar-refractivity contribution >= 4 is 62.9 Å². The number of nitrogens with one attached hydrogen (secondary N) is 2. The highest BCUT2D eigenvalue weighted by Gasteiger charge is 2.36. The van der Waals surface area contributed by atoms with E-state index in [0.29, 0.717) is 55.4 Å². The monoisotopic (exact) mass is 713 g/mol. The SMILES string of the molecule is CC(=N)N1C(=N)[C@H](CC(=O)N2CCN(c3ccc(C#CCCCCCCN)c(C(=O)O)c3)CC2)N=C(c2ccc(Cl)cc2)c2c1sc(C)c2C. The number of rotatable bonds is 10. The van der Waals surface area contributed by atoms with Crippen LogP contribution in [0, 0.1) is 36.5 Å². The summed E-state index contributed by atoms with van der Waals surface area (Å²) in [6, 6.07) is 11.9. The Morgan fingerprint density at radius 2 is 1.76 bits per heavy atom. The van der Waals surface area contributed by atoms with E-state index in [2.05, 4.69) is 16.7 Å². The lowest BCUT2D eigenvalue weighted by Crippen LogP contribution is -2.50. The van der Waals surface area contributed by atoms with Crippen molar-refractivity contribution in [1.82, 2.24) is 4.90 Å². The fourth-order valence-corrected chi connectivity index (χ4v) is 7.63. The third kappa shape index (κ3) is 8.27. The molecule has 0 bridgehead atoms. The van der Waals surface area contributed by atoms with Crippen LogP contribution < -0.4 is 15.5 Å². The van der Waals surface area contributed by atoms with E-state index < -0.39 is 12.0 Å². The maximum absolute atomic E-state index is 13.8. The molecule has 12 heteroatoms. The molecule has 3 aromatic rings. The summed E-state index contributed by atoms with van der Waals surface area (Å²) in [5.74, 6) is 5.29.